The SMILES string of the molecule is CCc1nn(C2CCCC2)c2cc([C@@H]3CN(Cc4ccccc4)C[C@@]3(C)C(C)O)ccc12. The number of aliphatic hydroxyl groups excluding tert-OH is 1. The number of hydrogen-bond donors (Lipinski definition) is 1. The van der Waals surface area contributed by atoms with Crippen molar-refractivity contribution in [3.63, 3.8) is 0 Å². The van der Waals surface area contributed by atoms with Crippen LogP contribution in [0.5, 0.6) is 0 Å². The van der Waals surface area contributed by atoms with Crippen LogP contribution in [0.1, 0.15) is 75.2 Å². The summed E-state index contributed by atoms with van der Waals surface area (Å²) in [7, 11) is 0. The third kappa shape index (κ3) is 3.78. The molecule has 0 bridgehead atoms. The first-order valence-corrected chi connectivity index (χ1v) is 12.4. The van der Waals surface area contributed by atoms with Crippen molar-refractivity contribution in [1.82, 2.24) is 14.7 Å². The molecule has 2 fully saturated rings. The predicted octanol–water partition coefficient (Wildman–Crippen LogP) is 5.70. The highest BCUT2D eigenvalue weighted by molar-refractivity contribution is 5.83. The van der Waals surface area contributed by atoms with E-state index in [1.807, 2.05) is 6.92 Å². The van der Waals surface area contributed by atoms with Crippen LogP contribution in [0.2, 0.25) is 0 Å². The topological polar surface area (TPSA) is 41.3 Å². The van der Waals surface area contributed by atoms with Gasteiger partial charge in [0.05, 0.1) is 23.4 Å². The highest BCUT2D eigenvalue weighted by Crippen LogP contribution is 2.46. The molecule has 2 aromatic carbocycles. The molecular weight excluding hydrogens is 394 g/mol. The number of hydrogen-bond acceptors (Lipinski definition) is 3. The maximum absolute atomic E-state index is 10.9. The number of aromatic nitrogens is 2. The normalized spacial score (nSPS) is 25.7. The van der Waals surface area contributed by atoms with Crippen LogP contribution < -0.4 is 0 Å². The lowest BCUT2D eigenvalue weighted by molar-refractivity contribution is 0.0475. The van der Waals surface area contributed by atoms with Gasteiger partial charge in [-0.1, -0.05) is 69.2 Å². The molecule has 1 aromatic heterocycles. The second-order valence-corrected chi connectivity index (χ2v) is 10.3. The van der Waals surface area contributed by atoms with Gasteiger partial charge in [-0.3, -0.25) is 9.58 Å². The molecule has 3 aromatic rings. The number of benzene rings is 2. The second-order valence-electron chi connectivity index (χ2n) is 10.3. The summed E-state index contributed by atoms with van der Waals surface area (Å²) >= 11 is 0. The molecular formula is C28H37N3O. The van der Waals surface area contributed by atoms with Gasteiger partial charge in [0.15, 0.2) is 0 Å². The molecule has 1 saturated carbocycles. The first-order chi connectivity index (χ1) is 15.5. The molecule has 4 heteroatoms. The van der Waals surface area contributed by atoms with Gasteiger partial charge in [0, 0.05) is 36.4 Å². The summed E-state index contributed by atoms with van der Waals surface area (Å²) in [6.07, 6.45) is 5.70. The average molecular weight is 432 g/mol. The molecule has 1 aliphatic heterocycles. The van der Waals surface area contributed by atoms with E-state index in [9.17, 15) is 5.11 Å². The van der Waals surface area contributed by atoms with Crippen LogP contribution >= 0.6 is 0 Å². The first-order valence-electron chi connectivity index (χ1n) is 12.4. The third-order valence-corrected chi connectivity index (χ3v) is 8.22. The standard InChI is InChI=1S/C28H37N3O/c1-4-26-24-15-14-22(16-27(24)31(29-26)23-12-8-9-13-23)25-18-30(19-28(25,3)20(2)32)17-21-10-6-5-7-11-21/h5-7,10-11,14-16,20,23,25,32H,4,8-9,12-13,17-19H2,1-3H3/t20?,25-,28-/m0/s1. The van der Waals surface area contributed by atoms with Gasteiger partial charge in [-0.15, -0.1) is 0 Å². The zero-order valence-corrected chi connectivity index (χ0v) is 19.8. The van der Waals surface area contributed by atoms with Crippen molar-refractivity contribution in [2.75, 3.05) is 13.1 Å². The number of rotatable bonds is 6. The minimum absolute atomic E-state index is 0.172. The summed E-state index contributed by atoms with van der Waals surface area (Å²) in [6.45, 7) is 9.25. The fourth-order valence-corrected chi connectivity index (χ4v) is 6.12. The second kappa shape index (κ2) is 8.64. The van der Waals surface area contributed by atoms with E-state index in [4.69, 9.17) is 5.10 Å². The molecule has 0 spiro atoms. The van der Waals surface area contributed by atoms with Crippen LogP contribution in [0, 0.1) is 5.41 Å². The Labute approximate surface area is 192 Å². The summed E-state index contributed by atoms with van der Waals surface area (Å²) in [4.78, 5) is 2.52. The maximum atomic E-state index is 10.9. The van der Waals surface area contributed by atoms with Gasteiger partial charge < -0.3 is 5.11 Å². The highest BCUT2D eigenvalue weighted by Gasteiger charge is 2.46. The molecule has 2 aliphatic rings. The summed E-state index contributed by atoms with van der Waals surface area (Å²) in [5.41, 5.74) is 5.02. The van der Waals surface area contributed by atoms with E-state index in [0.717, 1.165) is 26.1 Å². The van der Waals surface area contributed by atoms with Crippen molar-refractivity contribution in [3.05, 3.63) is 65.4 Å². The summed E-state index contributed by atoms with van der Waals surface area (Å²) < 4.78 is 2.33. The van der Waals surface area contributed by atoms with Crippen molar-refractivity contribution in [1.29, 1.82) is 0 Å². The van der Waals surface area contributed by atoms with E-state index in [1.165, 1.54) is 53.4 Å². The van der Waals surface area contributed by atoms with Crippen LogP contribution in [0.3, 0.4) is 0 Å². The van der Waals surface area contributed by atoms with Crippen molar-refractivity contribution < 1.29 is 5.11 Å². The molecule has 2 heterocycles. The molecule has 1 unspecified atom stereocenters. The summed E-state index contributed by atoms with van der Waals surface area (Å²) in [5.74, 6) is 0.299. The minimum Gasteiger partial charge on any atom is -0.393 e. The molecule has 5 rings (SSSR count). The molecule has 0 radical (unpaired) electrons. The highest BCUT2D eigenvalue weighted by atomic mass is 16.3. The Hall–Kier alpha value is -2.17. The Morgan fingerprint density at radius 3 is 2.56 bits per heavy atom. The van der Waals surface area contributed by atoms with E-state index < -0.39 is 0 Å². The Kier molecular flexibility index (Phi) is 5.85. The van der Waals surface area contributed by atoms with Crippen molar-refractivity contribution >= 4 is 10.9 Å². The van der Waals surface area contributed by atoms with Gasteiger partial charge in [-0.25, -0.2) is 0 Å². The quantitative estimate of drug-likeness (QED) is 0.544. The monoisotopic (exact) mass is 431 g/mol. The molecule has 0 amide bonds. The van der Waals surface area contributed by atoms with Crippen LogP contribution in [0.4, 0.5) is 0 Å². The van der Waals surface area contributed by atoms with E-state index in [1.54, 1.807) is 0 Å². The minimum atomic E-state index is -0.366. The molecule has 170 valence electrons. The number of likely N-dealkylation sites (tertiary alicyclic amines) is 1. The number of aliphatic hydroxyl groups is 1. The average Bonchev–Trinajstić information content (AvgIpc) is 3.52. The van der Waals surface area contributed by atoms with Gasteiger partial charge in [-0.2, -0.15) is 5.10 Å². The van der Waals surface area contributed by atoms with E-state index >= 15 is 0 Å². The maximum Gasteiger partial charge on any atom is 0.0700 e. The Morgan fingerprint density at radius 2 is 1.88 bits per heavy atom. The largest absolute Gasteiger partial charge is 0.393 e. The molecule has 1 N–H and O–H groups in total. The van der Waals surface area contributed by atoms with Crippen molar-refractivity contribution in [2.45, 2.75) is 77.5 Å². The Balaban J connectivity index is 1.51. The van der Waals surface area contributed by atoms with Crippen LogP contribution in [0.15, 0.2) is 48.5 Å². The lowest BCUT2D eigenvalue weighted by Crippen LogP contribution is -2.37. The van der Waals surface area contributed by atoms with Crippen LogP contribution in [-0.2, 0) is 13.0 Å². The van der Waals surface area contributed by atoms with Gasteiger partial charge in [-0.05, 0) is 43.4 Å². The predicted molar refractivity (Wildman–Crippen MR) is 131 cm³/mol. The lowest BCUT2D eigenvalue weighted by atomic mass is 9.72. The smallest absolute Gasteiger partial charge is 0.0700 e. The molecule has 4 nitrogen and oxygen atoms in total. The third-order valence-electron chi connectivity index (χ3n) is 8.22. The number of fused-ring (bicyclic) bond motifs is 1. The molecule has 1 aliphatic carbocycles. The number of nitrogens with zero attached hydrogens (tertiary/aromatic N) is 3. The fourth-order valence-electron chi connectivity index (χ4n) is 6.12. The van der Waals surface area contributed by atoms with E-state index in [2.05, 4.69) is 72.0 Å². The lowest BCUT2D eigenvalue weighted by Gasteiger charge is -2.34. The van der Waals surface area contributed by atoms with Gasteiger partial charge in [0.25, 0.3) is 0 Å². The summed E-state index contributed by atoms with van der Waals surface area (Å²) in [5, 5.41) is 17.2. The zero-order valence-electron chi connectivity index (χ0n) is 19.8. The van der Waals surface area contributed by atoms with Gasteiger partial charge in [0.1, 0.15) is 0 Å². The van der Waals surface area contributed by atoms with Crippen LogP contribution in [0.25, 0.3) is 10.9 Å². The molecule has 3 atom stereocenters. The Bertz CT molecular complexity index is 1070. The number of aryl methyl sites for hydroxylation is 1. The Morgan fingerprint density at radius 1 is 1.12 bits per heavy atom. The van der Waals surface area contributed by atoms with Crippen molar-refractivity contribution in [3.8, 4) is 0 Å². The van der Waals surface area contributed by atoms with Crippen LogP contribution in [-0.4, -0.2) is 39.0 Å². The van der Waals surface area contributed by atoms with Gasteiger partial charge in [0.2, 0.25) is 0 Å². The fraction of sp³-hybridized carbons (Fsp3) is 0.536. The van der Waals surface area contributed by atoms with E-state index in [0.29, 0.717) is 12.0 Å². The summed E-state index contributed by atoms with van der Waals surface area (Å²) in [6, 6.07) is 18.2. The van der Waals surface area contributed by atoms with Gasteiger partial charge >= 0.3 is 0 Å². The zero-order chi connectivity index (χ0) is 22.3. The van der Waals surface area contributed by atoms with E-state index in [-0.39, 0.29) is 11.5 Å². The first kappa shape index (κ1) is 21.7. The van der Waals surface area contributed by atoms with Crippen molar-refractivity contribution in [2.24, 2.45) is 5.41 Å². The molecule has 1 saturated heterocycles. The molecule has 32 heavy (non-hydrogen) atoms.